The zero-order valence-electron chi connectivity index (χ0n) is 7.98. The predicted molar refractivity (Wildman–Crippen MR) is 58.0 cm³/mol. The Morgan fingerprint density at radius 1 is 1.36 bits per heavy atom. The van der Waals surface area contributed by atoms with Crippen molar-refractivity contribution in [2.24, 2.45) is 0 Å². The summed E-state index contributed by atoms with van der Waals surface area (Å²) in [6, 6.07) is 0. The van der Waals surface area contributed by atoms with Gasteiger partial charge in [-0.15, -0.1) is 11.8 Å². The Kier molecular flexibility index (Phi) is 11.5. The summed E-state index contributed by atoms with van der Waals surface area (Å²) in [5.41, 5.74) is 1.16. The molecule has 0 unspecified atom stereocenters. The van der Waals surface area contributed by atoms with E-state index in [-0.39, 0.29) is 0 Å². The predicted octanol–water partition coefficient (Wildman–Crippen LogP) is 4.02. The second kappa shape index (κ2) is 9.57. The first-order chi connectivity index (χ1) is 5.20. The van der Waals surface area contributed by atoms with Gasteiger partial charge in [0.25, 0.3) is 0 Å². The summed E-state index contributed by atoms with van der Waals surface area (Å²) in [5.74, 6) is 0. The standard InChI is InChI=1S/C8H12S.C2H6/c1-5-7(2)6-8(3)9-4;1-2/h5-6H,1,3H2,2,4H3;1-2H3/b7-6-;. The largest absolute Gasteiger partial charge is 0.130 e. The first kappa shape index (κ1) is 13.2. The van der Waals surface area contributed by atoms with Crippen molar-refractivity contribution in [3.63, 3.8) is 0 Å². The monoisotopic (exact) mass is 170 g/mol. The quantitative estimate of drug-likeness (QED) is 0.576. The molecule has 0 rings (SSSR count). The Hall–Kier alpha value is -0.430. The number of hydrogen-bond acceptors (Lipinski definition) is 1. The lowest BCUT2D eigenvalue weighted by atomic mass is 10.3. The van der Waals surface area contributed by atoms with Gasteiger partial charge in [0.05, 0.1) is 0 Å². The molecule has 0 radical (unpaired) electrons. The molecule has 0 aromatic heterocycles. The van der Waals surface area contributed by atoms with Gasteiger partial charge in [0.1, 0.15) is 0 Å². The number of allylic oxidation sites excluding steroid dienone is 3. The molecule has 64 valence electrons. The van der Waals surface area contributed by atoms with E-state index in [0.29, 0.717) is 0 Å². The molecule has 0 saturated carbocycles. The lowest BCUT2D eigenvalue weighted by Gasteiger charge is -1.92. The molecule has 1 heteroatoms. The highest BCUT2D eigenvalue weighted by Crippen LogP contribution is 2.11. The van der Waals surface area contributed by atoms with Crippen LogP contribution in [-0.4, -0.2) is 6.26 Å². The normalized spacial score (nSPS) is 9.64. The summed E-state index contributed by atoms with van der Waals surface area (Å²) in [6.45, 7) is 13.4. The Bertz CT molecular complexity index is 143. The smallest absolute Gasteiger partial charge is 0.0000217 e. The van der Waals surface area contributed by atoms with E-state index in [0.717, 1.165) is 10.5 Å². The van der Waals surface area contributed by atoms with Crippen molar-refractivity contribution in [2.75, 3.05) is 6.26 Å². The third kappa shape index (κ3) is 9.57. The molecule has 0 aliphatic heterocycles. The summed E-state index contributed by atoms with van der Waals surface area (Å²) in [5, 5.41) is 0. The van der Waals surface area contributed by atoms with Crippen LogP contribution in [-0.2, 0) is 0 Å². The van der Waals surface area contributed by atoms with Crippen LogP contribution in [0.5, 0.6) is 0 Å². The van der Waals surface area contributed by atoms with Crippen LogP contribution in [0.4, 0.5) is 0 Å². The fourth-order valence-electron chi connectivity index (χ4n) is 0.372. The molecule has 0 heterocycles. The van der Waals surface area contributed by atoms with E-state index < -0.39 is 0 Å². The Morgan fingerprint density at radius 2 is 1.82 bits per heavy atom. The third-order valence-corrected chi connectivity index (χ3v) is 1.62. The van der Waals surface area contributed by atoms with Crippen LogP contribution in [0.2, 0.25) is 0 Å². The maximum absolute atomic E-state index is 3.80. The van der Waals surface area contributed by atoms with Gasteiger partial charge in [0.15, 0.2) is 0 Å². The van der Waals surface area contributed by atoms with Gasteiger partial charge in [0.2, 0.25) is 0 Å². The topological polar surface area (TPSA) is 0 Å². The summed E-state index contributed by atoms with van der Waals surface area (Å²) < 4.78 is 0. The van der Waals surface area contributed by atoms with Crippen LogP contribution in [0, 0.1) is 0 Å². The van der Waals surface area contributed by atoms with E-state index in [9.17, 15) is 0 Å². The summed E-state index contributed by atoms with van der Waals surface area (Å²) in [4.78, 5) is 1.08. The lowest BCUT2D eigenvalue weighted by molar-refractivity contribution is 1.50. The Balaban J connectivity index is 0. The average molecular weight is 170 g/mol. The molecule has 0 spiro atoms. The van der Waals surface area contributed by atoms with E-state index in [2.05, 4.69) is 13.2 Å². The van der Waals surface area contributed by atoms with Crippen LogP contribution in [0.25, 0.3) is 0 Å². The molecule has 0 aromatic rings. The molecule has 0 saturated heterocycles. The zero-order valence-corrected chi connectivity index (χ0v) is 8.79. The first-order valence-corrected chi connectivity index (χ1v) is 4.96. The van der Waals surface area contributed by atoms with Crippen LogP contribution >= 0.6 is 11.8 Å². The molecule has 0 bridgehead atoms. The molecule has 0 atom stereocenters. The van der Waals surface area contributed by atoms with Crippen LogP contribution in [0.15, 0.2) is 35.8 Å². The zero-order chi connectivity index (χ0) is 9.28. The van der Waals surface area contributed by atoms with E-state index >= 15 is 0 Å². The fraction of sp³-hybridized carbons (Fsp3) is 0.400. The fourth-order valence-corrected chi connectivity index (χ4v) is 0.676. The Morgan fingerprint density at radius 3 is 2.09 bits per heavy atom. The van der Waals surface area contributed by atoms with Crippen molar-refractivity contribution in [1.29, 1.82) is 0 Å². The van der Waals surface area contributed by atoms with Gasteiger partial charge < -0.3 is 0 Å². The second-order valence-electron chi connectivity index (χ2n) is 1.76. The summed E-state index contributed by atoms with van der Waals surface area (Å²) in [7, 11) is 0. The molecule has 0 aliphatic rings. The second-order valence-corrected chi connectivity index (χ2v) is 2.70. The van der Waals surface area contributed by atoms with Crippen molar-refractivity contribution >= 4 is 11.8 Å². The highest BCUT2D eigenvalue weighted by molar-refractivity contribution is 8.02. The highest BCUT2D eigenvalue weighted by atomic mass is 32.2. The van der Waals surface area contributed by atoms with Gasteiger partial charge in [-0.25, -0.2) is 0 Å². The first-order valence-electron chi connectivity index (χ1n) is 3.74. The van der Waals surface area contributed by atoms with Crippen molar-refractivity contribution in [2.45, 2.75) is 20.8 Å². The van der Waals surface area contributed by atoms with Crippen molar-refractivity contribution in [3.05, 3.63) is 35.8 Å². The van der Waals surface area contributed by atoms with Gasteiger partial charge in [0, 0.05) is 0 Å². The van der Waals surface area contributed by atoms with E-state index in [1.54, 1.807) is 11.8 Å². The highest BCUT2D eigenvalue weighted by Gasteiger charge is 1.83. The van der Waals surface area contributed by atoms with Gasteiger partial charge in [-0.2, -0.15) is 0 Å². The number of hydrogen-bond donors (Lipinski definition) is 0. The van der Waals surface area contributed by atoms with Gasteiger partial charge in [-0.1, -0.05) is 38.7 Å². The van der Waals surface area contributed by atoms with Crippen molar-refractivity contribution in [3.8, 4) is 0 Å². The maximum Gasteiger partial charge on any atom is -0.0000217 e. The van der Waals surface area contributed by atoms with Crippen LogP contribution < -0.4 is 0 Å². The molecule has 0 amide bonds. The van der Waals surface area contributed by atoms with E-state index in [1.807, 2.05) is 39.2 Å². The average Bonchev–Trinajstić information content (AvgIpc) is 2.07. The number of rotatable bonds is 3. The molecule has 0 nitrogen and oxygen atoms in total. The van der Waals surface area contributed by atoms with Crippen molar-refractivity contribution < 1.29 is 0 Å². The third-order valence-electron chi connectivity index (χ3n) is 0.973. The van der Waals surface area contributed by atoms with Crippen molar-refractivity contribution in [1.82, 2.24) is 0 Å². The summed E-state index contributed by atoms with van der Waals surface area (Å²) in [6.07, 6.45) is 5.84. The minimum absolute atomic E-state index is 1.08. The maximum atomic E-state index is 3.80. The van der Waals surface area contributed by atoms with E-state index in [1.165, 1.54) is 0 Å². The molecule has 0 N–H and O–H groups in total. The molecule has 0 aromatic carbocycles. The SMILES string of the molecule is C=C/C(C)=C\C(=C)SC.CC. The molecular formula is C10H18S. The number of thioether (sulfide) groups is 1. The Labute approximate surface area is 75.1 Å². The van der Waals surface area contributed by atoms with E-state index in [4.69, 9.17) is 0 Å². The molecular weight excluding hydrogens is 152 g/mol. The minimum Gasteiger partial charge on any atom is -0.130 e. The van der Waals surface area contributed by atoms with Crippen LogP contribution in [0.3, 0.4) is 0 Å². The minimum atomic E-state index is 1.08. The van der Waals surface area contributed by atoms with Gasteiger partial charge >= 0.3 is 0 Å². The molecule has 0 fully saturated rings. The molecule has 0 aliphatic carbocycles. The van der Waals surface area contributed by atoms with Crippen LogP contribution in [0.1, 0.15) is 20.8 Å². The van der Waals surface area contributed by atoms with Gasteiger partial charge in [-0.05, 0) is 24.2 Å². The van der Waals surface area contributed by atoms with Gasteiger partial charge in [-0.3, -0.25) is 0 Å². The summed E-state index contributed by atoms with van der Waals surface area (Å²) >= 11 is 1.65. The lowest BCUT2D eigenvalue weighted by Crippen LogP contribution is -1.68. The molecule has 11 heavy (non-hydrogen) atoms.